The molecule has 15 nitrogen and oxygen atoms in total. The van der Waals surface area contributed by atoms with E-state index in [0.717, 1.165) is 11.6 Å². The minimum Gasteiger partial charge on any atom is -0.477 e. The third kappa shape index (κ3) is 9.90. The van der Waals surface area contributed by atoms with Crippen molar-refractivity contribution in [3.8, 4) is 11.8 Å². The van der Waals surface area contributed by atoms with Crippen LogP contribution in [0.3, 0.4) is 0 Å². The highest BCUT2D eigenvalue weighted by Gasteiger charge is 2.59. The summed E-state index contributed by atoms with van der Waals surface area (Å²) < 4.78 is 22.5. The van der Waals surface area contributed by atoms with E-state index in [1.165, 1.54) is 17.2 Å². The summed E-state index contributed by atoms with van der Waals surface area (Å²) in [5.41, 5.74) is 5.37. The number of hydrogen-bond donors (Lipinski definition) is 5. The zero-order valence-corrected chi connectivity index (χ0v) is 35.3. The van der Waals surface area contributed by atoms with Crippen LogP contribution < -0.4 is 32.0 Å². The summed E-state index contributed by atoms with van der Waals surface area (Å²) in [4.78, 5) is 81.9. The molecule has 0 bridgehead atoms. The lowest BCUT2D eigenvalue weighted by atomic mass is 9.53. The van der Waals surface area contributed by atoms with Crippen LogP contribution >= 0.6 is 0 Å². The second-order valence-electron chi connectivity index (χ2n) is 16.5. The number of carbonyl (C=O) groups excluding carboxylic acids is 4. The first kappa shape index (κ1) is 44.8. The first-order chi connectivity index (χ1) is 29.5. The number of amides is 4. The second kappa shape index (κ2) is 18.9. The molecule has 2 heterocycles. The first-order valence-corrected chi connectivity index (χ1v) is 20.6. The number of carboxylic acids is 1. The van der Waals surface area contributed by atoms with Gasteiger partial charge in [-0.2, -0.15) is 0 Å². The Morgan fingerprint density at radius 3 is 2.23 bits per heavy atom. The summed E-state index contributed by atoms with van der Waals surface area (Å²) >= 11 is 0. The number of aromatic nitrogens is 1. The number of carboxylic acid groups (broad SMARTS) is 1. The fourth-order valence-electron chi connectivity index (χ4n) is 8.17. The lowest BCUT2D eigenvalue weighted by Gasteiger charge is -2.50. The first-order valence-electron chi connectivity index (χ1n) is 20.6. The number of hydrogen-bond acceptors (Lipinski definition) is 9. The maximum atomic E-state index is 15.4. The second-order valence-corrected chi connectivity index (χ2v) is 16.5. The van der Waals surface area contributed by atoms with Crippen LogP contribution in [-0.2, 0) is 32.3 Å². The maximum absolute atomic E-state index is 15.4. The Bertz CT molecular complexity index is 2460. The molecule has 1 unspecified atom stereocenters. The number of nitrogens with zero attached hydrogens (tertiary/aromatic N) is 3. The number of anilines is 2. The summed E-state index contributed by atoms with van der Waals surface area (Å²) in [6.07, 6.45) is 1.57. The number of aromatic carboxylic acids is 1. The quantitative estimate of drug-likeness (QED) is 0.0920. The Morgan fingerprint density at radius 2 is 1.61 bits per heavy atom. The number of piperazine rings is 1. The van der Waals surface area contributed by atoms with Crippen molar-refractivity contribution >= 4 is 52.1 Å². The highest BCUT2D eigenvalue weighted by Crippen LogP contribution is 2.54. The van der Waals surface area contributed by atoms with Crippen LogP contribution in [0.1, 0.15) is 74.5 Å². The Hall–Kier alpha value is -6.73. The van der Waals surface area contributed by atoms with Crippen LogP contribution in [0.15, 0.2) is 77.7 Å². The van der Waals surface area contributed by atoms with Crippen molar-refractivity contribution in [3.63, 3.8) is 0 Å². The van der Waals surface area contributed by atoms with Gasteiger partial charge in [0.1, 0.15) is 23.4 Å². The number of pyridine rings is 1. The molecule has 1 saturated heterocycles. The molecule has 4 aromatic rings. The SMILES string of the molecule is CCn1cc(C(=O)O)c(=O)c2cc(F)c(N3CCN(C(=O)OCc4ccc(NC(=O)C(C#CCCN)NC(=O)C5(C(=O)N[C@H](C)c6ccccc6)CC(C)(C)C5)cc4)CC3)cc21. The number of benzene rings is 3. The number of carbonyl (C=O) groups is 5. The summed E-state index contributed by atoms with van der Waals surface area (Å²) in [5, 5.41) is 17.9. The largest absolute Gasteiger partial charge is 0.477 e. The van der Waals surface area contributed by atoms with Gasteiger partial charge < -0.3 is 45.9 Å². The van der Waals surface area contributed by atoms with Gasteiger partial charge in [0.2, 0.25) is 17.2 Å². The number of nitrogens with one attached hydrogen (secondary N) is 3. The maximum Gasteiger partial charge on any atom is 0.410 e. The Morgan fingerprint density at radius 1 is 0.952 bits per heavy atom. The number of fused-ring (bicyclic) bond motifs is 1. The number of ether oxygens (including phenoxy) is 1. The van der Waals surface area contributed by atoms with E-state index in [9.17, 15) is 33.9 Å². The van der Waals surface area contributed by atoms with E-state index in [1.54, 1.807) is 40.7 Å². The molecule has 62 heavy (non-hydrogen) atoms. The molecule has 6 N–H and O–H groups in total. The van der Waals surface area contributed by atoms with Gasteiger partial charge in [0, 0.05) is 63.0 Å². The normalized spacial score (nSPS) is 16.2. The van der Waals surface area contributed by atoms with E-state index in [-0.39, 0.29) is 61.9 Å². The van der Waals surface area contributed by atoms with Crippen molar-refractivity contribution in [2.75, 3.05) is 42.9 Å². The average molecular weight is 850 g/mol. The molecule has 1 aromatic heterocycles. The van der Waals surface area contributed by atoms with Crippen molar-refractivity contribution in [1.29, 1.82) is 0 Å². The van der Waals surface area contributed by atoms with Crippen LogP contribution in [0.25, 0.3) is 10.9 Å². The lowest BCUT2D eigenvalue weighted by molar-refractivity contribution is -0.160. The van der Waals surface area contributed by atoms with Crippen LogP contribution in [0, 0.1) is 28.5 Å². The molecule has 0 radical (unpaired) electrons. The van der Waals surface area contributed by atoms with Crippen LogP contribution in [0.5, 0.6) is 0 Å². The molecule has 3 aromatic carbocycles. The van der Waals surface area contributed by atoms with E-state index in [2.05, 4.69) is 27.8 Å². The van der Waals surface area contributed by atoms with E-state index >= 15 is 4.39 Å². The summed E-state index contributed by atoms with van der Waals surface area (Å²) in [6.45, 7) is 9.21. The Balaban J connectivity index is 1.04. The fraction of sp³-hybridized carbons (Fsp3) is 0.391. The van der Waals surface area contributed by atoms with Gasteiger partial charge >= 0.3 is 12.1 Å². The fourth-order valence-corrected chi connectivity index (χ4v) is 8.17. The zero-order chi connectivity index (χ0) is 44.8. The minimum absolute atomic E-state index is 0.0235. The zero-order valence-electron chi connectivity index (χ0n) is 35.3. The smallest absolute Gasteiger partial charge is 0.410 e. The molecule has 2 fully saturated rings. The topological polar surface area (TPSA) is 205 Å². The predicted molar refractivity (Wildman–Crippen MR) is 232 cm³/mol. The monoisotopic (exact) mass is 849 g/mol. The van der Waals surface area contributed by atoms with E-state index < -0.39 is 58.1 Å². The summed E-state index contributed by atoms with van der Waals surface area (Å²) in [6, 6.07) is 17.0. The van der Waals surface area contributed by atoms with Crippen molar-refractivity contribution in [2.24, 2.45) is 16.6 Å². The predicted octanol–water partition coefficient (Wildman–Crippen LogP) is 4.78. The highest BCUT2D eigenvalue weighted by atomic mass is 19.1. The Kier molecular flexibility index (Phi) is 13.7. The van der Waals surface area contributed by atoms with Crippen molar-refractivity contribution in [3.05, 3.63) is 106 Å². The lowest BCUT2D eigenvalue weighted by Crippen LogP contribution is -2.62. The van der Waals surface area contributed by atoms with Gasteiger partial charge in [-0.15, -0.1) is 0 Å². The average Bonchev–Trinajstić information content (AvgIpc) is 3.25. The molecule has 2 atom stereocenters. The molecule has 1 saturated carbocycles. The molecule has 2 aliphatic rings. The van der Waals surface area contributed by atoms with Crippen LogP contribution in [-0.4, -0.2) is 83.1 Å². The molecule has 1 aliphatic heterocycles. The molecule has 4 amide bonds. The molecule has 16 heteroatoms. The van der Waals surface area contributed by atoms with E-state index in [1.807, 2.05) is 51.1 Å². The third-order valence-electron chi connectivity index (χ3n) is 11.3. The van der Waals surface area contributed by atoms with E-state index in [0.29, 0.717) is 42.6 Å². The van der Waals surface area contributed by atoms with Gasteiger partial charge in [-0.3, -0.25) is 19.2 Å². The van der Waals surface area contributed by atoms with Crippen molar-refractivity contribution < 1.29 is 38.2 Å². The number of aryl methyl sites for hydroxylation is 1. The van der Waals surface area contributed by atoms with Crippen LogP contribution in [0.2, 0.25) is 0 Å². The standard InChI is InChI=1S/C46H52FN7O8/c1-5-52-25-34(41(57)58)39(55)33-23-35(47)38(24-37(33)52)53-19-21-54(22-20-53)44(61)62-26-30-14-16-32(17-15-30)50-40(56)36(13-9-10-18-48)51-43(60)46(27-45(3,4)28-46)42(59)49-29(2)31-11-7-6-8-12-31/h6-8,11-12,14-17,23-25,29,36H,5,10,18-22,26-28,48H2,1-4H3,(H,49,59)(H,50,56)(H,51,60)(H,57,58)/t29-,36?/m1/s1. The van der Waals surface area contributed by atoms with Crippen molar-refractivity contribution in [2.45, 2.75) is 72.2 Å². The summed E-state index contributed by atoms with van der Waals surface area (Å²) in [5.74, 6) is 1.98. The number of rotatable bonds is 13. The molecule has 1 aliphatic carbocycles. The Labute approximate surface area is 358 Å². The van der Waals surface area contributed by atoms with Gasteiger partial charge in [-0.1, -0.05) is 68.2 Å². The minimum atomic E-state index is -1.39. The van der Waals surface area contributed by atoms with E-state index in [4.69, 9.17) is 10.5 Å². The van der Waals surface area contributed by atoms with Gasteiger partial charge in [-0.25, -0.2) is 14.0 Å². The molecule has 326 valence electrons. The molecular formula is C46H52FN7O8. The molecule has 6 rings (SSSR count). The van der Waals surface area contributed by atoms with Gasteiger partial charge in [0.25, 0.3) is 5.91 Å². The van der Waals surface area contributed by atoms with Crippen LogP contribution in [0.4, 0.5) is 20.6 Å². The number of halogens is 1. The highest BCUT2D eigenvalue weighted by molar-refractivity contribution is 6.09. The molecular weight excluding hydrogens is 798 g/mol. The molecule has 0 spiro atoms. The summed E-state index contributed by atoms with van der Waals surface area (Å²) in [7, 11) is 0. The number of nitrogens with two attached hydrogens (primary N) is 1. The van der Waals surface area contributed by atoms with Gasteiger partial charge in [0.05, 0.1) is 17.2 Å². The third-order valence-corrected chi connectivity index (χ3v) is 11.3. The van der Waals surface area contributed by atoms with Gasteiger partial charge in [0.15, 0.2) is 6.04 Å². The van der Waals surface area contributed by atoms with Gasteiger partial charge in [-0.05, 0) is 67.5 Å². The van der Waals surface area contributed by atoms with Crippen molar-refractivity contribution in [1.82, 2.24) is 20.1 Å².